The minimum atomic E-state index is -0.858. The Balaban J connectivity index is 1.95. The van der Waals surface area contributed by atoms with Crippen LogP contribution in [0.3, 0.4) is 0 Å². The summed E-state index contributed by atoms with van der Waals surface area (Å²) in [5.74, 6) is -2.06. The summed E-state index contributed by atoms with van der Waals surface area (Å²) >= 11 is 3.31. The third kappa shape index (κ3) is 3.80. The number of imide groups is 2. The van der Waals surface area contributed by atoms with E-state index < -0.39 is 23.8 Å². The van der Waals surface area contributed by atoms with Crippen molar-refractivity contribution in [3.63, 3.8) is 0 Å². The molecule has 3 rings (SSSR count). The van der Waals surface area contributed by atoms with Gasteiger partial charge in [-0.2, -0.15) is 0 Å². The maximum Gasteiger partial charge on any atom is 0.337 e. The zero-order chi connectivity index (χ0) is 19.6. The van der Waals surface area contributed by atoms with Gasteiger partial charge in [-0.3, -0.25) is 14.9 Å². The molecule has 1 saturated heterocycles. The lowest BCUT2D eigenvalue weighted by atomic mass is 10.1. The van der Waals surface area contributed by atoms with Gasteiger partial charge in [0.25, 0.3) is 11.8 Å². The van der Waals surface area contributed by atoms with Crippen molar-refractivity contribution < 1.29 is 23.9 Å². The van der Waals surface area contributed by atoms with Gasteiger partial charge in [0.1, 0.15) is 5.57 Å². The number of barbiturate groups is 1. The van der Waals surface area contributed by atoms with Gasteiger partial charge in [-0.05, 0) is 48.0 Å². The highest BCUT2D eigenvalue weighted by molar-refractivity contribution is 9.10. The molecule has 136 valence electrons. The average Bonchev–Trinajstić information content (AvgIpc) is 2.66. The maximum absolute atomic E-state index is 12.8. The van der Waals surface area contributed by atoms with Gasteiger partial charge in [0, 0.05) is 4.47 Å². The molecule has 1 heterocycles. The van der Waals surface area contributed by atoms with E-state index >= 15 is 0 Å². The highest BCUT2D eigenvalue weighted by Crippen LogP contribution is 2.23. The second-order valence-corrected chi connectivity index (χ2v) is 6.46. The van der Waals surface area contributed by atoms with Crippen molar-refractivity contribution in [2.75, 3.05) is 12.0 Å². The Labute approximate surface area is 162 Å². The zero-order valence-electron chi connectivity index (χ0n) is 14.1. The van der Waals surface area contributed by atoms with Crippen LogP contribution in [0.15, 0.2) is 58.6 Å². The maximum atomic E-state index is 12.8. The van der Waals surface area contributed by atoms with Crippen LogP contribution < -0.4 is 10.2 Å². The number of benzene rings is 2. The number of carbonyl (C=O) groups is 4. The largest absolute Gasteiger partial charge is 0.465 e. The topological polar surface area (TPSA) is 92.8 Å². The van der Waals surface area contributed by atoms with E-state index in [1.54, 1.807) is 24.3 Å². The first-order chi connectivity index (χ1) is 12.9. The van der Waals surface area contributed by atoms with Crippen molar-refractivity contribution >= 4 is 51.5 Å². The van der Waals surface area contributed by atoms with Gasteiger partial charge >= 0.3 is 12.0 Å². The van der Waals surface area contributed by atoms with E-state index in [9.17, 15) is 19.2 Å². The van der Waals surface area contributed by atoms with E-state index in [4.69, 9.17) is 0 Å². The van der Waals surface area contributed by atoms with Crippen LogP contribution in [0.2, 0.25) is 0 Å². The van der Waals surface area contributed by atoms with Crippen LogP contribution in [0.1, 0.15) is 15.9 Å². The van der Waals surface area contributed by atoms with Crippen molar-refractivity contribution in [2.45, 2.75) is 0 Å². The molecule has 1 aliphatic rings. The summed E-state index contributed by atoms with van der Waals surface area (Å²) in [5, 5.41) is 2.15. The highest BCUT2D eigenvalue weighted by Gasteiger charge is 2.36. The number of nitrogens with zero attached hydrogens (tertiary/aromatic N) is 1. The molecule has 0 aromatic heterocycles. The number of hydrogen-bond donors (Lipinski definition) is 1. The van der Waals surface area contributed by atoms with Crippen molar-refractivity contribution in [3.05, 3.63) is 69.7 Å². The fraction of sp³-hybridized carbons (Fsp3) is 0.0526. The number of methoxy groups -OCH3 is 1. The first-order valence-corrected chi connectivity index (χ1v) is 8.55. The second-order valence-electron chi connectivity index (χ2n) is 5.55. The summed E-state index contributed by atoms with van der Waals surface area (Å²) in [6, 6.07) is 11.8. The molecule has 2 aromatic rings. The van der Waals surface area contributed by atoms with E-state index in [-0.39, 0.29) is 16.8 Å². The number of halogens is 1. The molecule has 4 amide bonds. The van der Waals surface area contributed by atoms with Crippen LogP contribution in [-0.4, -0.2) is 30.9 Å². The van der Waals surface area contributed by atoms with E-state index in [0.29, 0.717) is 5.56 Å². The number of ether oxygens (including phenoxy) is 1. The first-order valence-electron chi connectivity index (χ1n) is 7.76. The molecule has 0 radical (unpaired) electrons. The number of carbonyl (C=O) groups excluding carboxylic acids is 4. The minimum Gasteiger partial charge on any atom is -0.465 e. The smallest absolute Gasteiger partial charge is 0.337 e. The number of hydrogen-bond acceptors (Lipinski definition) is 5. The Hall–Kier alpha value is -3.26. The summed E-state index contributed by atoms with van der Waals surface area (Å²) < 4.78 is 5.47. The molecule has 1 fully saturated rings. The fourth-order valence-electron chi connectivity index (χ4n) is 2.48. The third-order valence-corrected chi connectivity index (χ3v) is 4.36. The molecule has 1 aliphatic heterocycles. The molecule has 0 spiro atoms. The summed E-state index contributed by atoms with van der Waals surface area (Å²) in [5.41, 5.74) is 0.952. The van der Waals surface area contributed by atoms with Gasteiger partial charge in [-0.1, -0.05) is 28.1 Å². The summed E-state index contributed by atoms with van der Waals surface area (Å²) in [6.07, 6.45) is 1.41. The summed E-state index contributed by atoms with van der Waals surface area (Å²) in [7, 11) is 1.25. The molecule has 27 heavy (non-hydrogen) atoms. The quantitative estimate of drug-likeness (QED) is 0.460. The van der Waals surface area contributed by atoms with E-state index in [1.807, 2.05) is 0 Å². The molecule has 0 aliphatic carbocycles. The van der Waals surface area contributed by atoms with Crippen LogP contribution >= 0.6 is 15.9 Å². The van der Waals surface area contributed by atoms with E-state index in [0.717, 1.165) is 9.37 Å². The summed E-state index contributed by atoms with van der Waals surface area (Å²) in [6.45, 7) is 0. The van der Waals surface area contributed by atoms with Crippen molar-refractivity contribution in [1.82, 2.24) is 5.32 Å². The number of rotatable bonds is 3. The van der Waals surface area contributed by atoms with E-state index in [1.165, 1.54) is 37.5 Å². The second kappa shape index (κ2) is 7.55. The Morgan fingerprint density at radius 3 is 2.26 bits per heavy atom. The van der Waals surface area contributed by atoms with Crippen LogP contribution in [0, 0.1) is 0 Å². The zero-order valence-corrected chi connectivity index (χ0v) is 15.6. The van der Waals surface area contributed by atoms with Gasteiger partial charge in [0.2, 0.25) is 0 Å². The molecule has 7 nitrogen and oxygen atoms in total. The number of esters is 1. The van der Waals surface area contributed by atoms with Gasteiger partial charge in [0.15, 0.2) is 0 Å². The number of anilines is 1. The van der Waals surface area contributed by atoms with Crippen molar-refractivity contribution in [1.29, 1.82) is 0 Å². The predicted molar refractivity (Wildman–Crippen MR) is 101 cm³/mol. The van der Waals surface area contributed by atoms with Crippen molar-refractivity contribution in [2.24, 2.45) is 0 Å². The number of nitrogens with one attached hydrogen (secondary N) is 1. The van der Waals surface area contributed by atoms with Gasteiger partial charge in [-0.25, -0.2) is 14.5 Å². The molecule has 0 unspecified atom stereocenters. The third-order valence-electron chi connectivity index (χ3n) is 3.83. The average molecular weight is 429 g/mol. The standard InChI is InChI=1S/C19H13BrN2O5/c1-27-18(25)12-4-8-14(9-5-12)22-17(24)15(16(23)21-19(22)26)10-11-2-6-13(20)7-3-11/h2-10H,1H3,(H,21,23,26)/b15-10+. The lowest BCUT2D eigenvalue weighted by molar-refractivity contribution is -0.122. The molecular weight excluding hydrogens is 416 g/mol. The molecular formula is C19H13BrN2O5. The van der Waals surface area contributed by atoms with Crippen LogP contribution in [-0.2, 0) is 14.3 Å². The monoisotopic (exact) mass is 428 g/mol. The molecule has 0 atom stereocenters. The molecule has 1 N–H and O–H groups in total. The molecule has 2 aromatic carbocycles. The summed E-state index contributed by atoms with van der Waals surface area (Å²) in [4.78, 5) is 49.4. The molecule has 0 saturated carbocycles. The number of urea groups is 1. The normalized spacial score (nSPS) is 15.7. The first kappa shape index (κ1) is 18.5. The van der Waals surface area contributed by atoms with Crippen molar-refractivity contribution in [3.8, 4) is 0 Å². The minimum absolute atomic E-state index is 0.172. The highest BCUT2D eigenvalue weighted by atomic mass is 79.9. The number of amides is 4. The lowest BCUT2D eigenvalue weighted by Gasteiger charge is -2.26. The Kier molecular flexibility index (Phi) is 5.18. The van der Waals surface area contributed by atoms with Gasteiger partial charge in [0.05, 0.1) is 18.4 Å². The predicted octanol–water partition coefficient (Wildman–Crippen LogP) is 2.90. The molecule has 8 heteroatoms. The SMILES string of the molecule is COC(=O)c1ccc(N2C(=O)NC(=O)/C(=C\c3ccc(Br)cc3)C2=O)cc1. The Morgan fingerprint density at radius 2 is 1.67 bits per heavy atom. The molecule has 0 bridgehead atoms. The fourth-order valence-corrected chi connectivity index (χ4v) is 2.75. The van der Waals surface area contributed by atoms with Crippen LogP contribution in [0.5, 0.6) is 0 Å². The van der Waals surface area contributed by atoms with Gasteiger partial charge in [-0.15, -0.1) is 0 Å². The van der Waals surface area contributed by atoms with E-state index in [2.05, 4.69) is 26.0 Å². The van der Waals surface area contributed by atoms with Crippen LogP contribution in [0.4, 0.5) is 10.5 Å². The van der Waals surface area contributed by atoms with Gasteiger partial charge < -0.3 is 4.74 Å². The Morgan fingerprint density at radius 1 is 1.04 bits per heavy atom. The lowest BCUT2D eigenvalue weighted by Crippen LogP contribution is -2.54. The Bertz CT molecular complexity index is 965. The van der Waals surface area contributed by atoms with Crippen LogP contribution in [0.25, 0.3) is 6.08 Å².